The van der Waals surface area contributed by atoms with Gasteiger partial charge in [0.15, 0.2) is 0 Å². The van der Waals surface area contributed by atoms with Crippen LogP contribution < -0.4 is 10.6 Å². The quantitative estimate of drug-likeness (QED) is 0.542. The minimum absolute atomic E-state index is 0.0255. The highest BCUT2D eigenvalue weighted by atomic mass is 19.1. The maximum absolute atomic E-state index is 13.5. The van der Waals surface area contributed by atoms with Gasteiger partial charge in [0, 0.05) is 12.7 Å². The molecule has 2 saturated heterocycles. The van der Waals surface area contributed by atoms with Gasteiger partial charge in [0.25, 0.3) is 11.8 Å². The van der Waals surface area contributed by atoms with Gasteiger partial charge in [0.05, 0.1) is 12.1 Å². The Morgan fingerprint density at radius 1 is 1.45 bits per heavy atom. The number of aromatic nitrogens is 1. The zero-order valence-electron chi connectivity index (χ0n) is 10.4. The summed E-state index contributed by atoms with van der Waals surface area (Å²) in [6, 6.07) is 2.23. The van der Waals surface area contributed by atoms with E-state index in [-0.39, 0.29) is 18.7 Å². The van der Waals surface area contributed by atoms with E-state index in [1.54, 1.807) is 0 Å². The molecule has 2 aliphatic rings. The molecule has 0 radical (unpaired) electrons. The number of hydrogen-bond acceptors (Lipinski definition) is 4. The molecule has 0 saturated carbocycles. The SMILES string of the molecule is O=C1NC(=O)C2(CCN(C(=O)c3cccnc3F)C2)N1. The zero-order chi connectivity index (χ0) is 14.3. The van der Waals surface area contributed by atoms with E-state index < -0.39 is 29.3 Å². The Labute approximate surface area is 113 Å². The number of amides is 4. The average Bonchev–Trinajstić information content (AvgIpc) is 2.95. The molecule has 104 valence electrons. The van der Waals surface area contributed by atoms with E-state index in [1.807, 2.05) is 0 Å². The largest absolute Gasteiger partial charge is 0.335 e. The number of hydrogen-bond donors (Lipinski definition) is 2. The molecule has 8 heteroatoms. The third-order valence-corrected chi connectivity index (χ3v) is 3.56. The van der Waals surface area contributed by atoms with Crippen LogP contribution >= 0.6 is 0 Å². The normalized spacial score (nSPS) is 24.9. The van der Waals surface area contributed by atoms with Gasteiger partial charge >= 0.3 is 6.03 Å². The number of halogens is 1. The predicted molar refractivity (Wildman–Crippen MR) is 64.1 cm³/mol. The minimum Gasteiger partial charge on any atom is -0.335 e. The zero-order valence-corrected chi connectivity index (χ0v) is 10.4. The molecule has 1 spiro atoms. The summed E-state index contributed by atoms with van der Waals surface area (Å²) in [6.45, 7) is 0.290. The Kier molecular flexibility index (Phi) is 2.66. The van der Waals surface area contributed by atoms with Gasteiger partial charge in [-0.3, -0.25) is 14.9 Å². The maximum atomic E-state index is 13.5. The summed E-state index contributed by atoms with van der Waals surface area (Å²) in [5, 5.41) is 4.67. The second-order valence-electron chi connectivity index (χ2n) is 4.81. The Morgan fingerprint density at radius 2 is 2.25 bits per heavy atom. The molecule has 3 heterocycles. The number of urea groups is 1. The maximum Gasteiger partial charge on any atom is 0.322 e. The van der Waals surface area contributed by atoms with E-state index in [9.17, 15) is 18.8 Å². The Bertz CT molecular complexity index is 620. The summed E-state index contributed by atoms with van der Waals surface area (Å²) in [6.07, 6.45) is 1.56. The first-order valence-electron chi connectivity index (χ1n) is 6.05. The molecule has 1 unspecified atom stereocenters. The minimum atomic E-state index is -1.09. The number of carbonyl (C=O) groups is 3. The molecule has 0 bridgehead atoms. The first-order chi connectivity index (χ1) is 9.52. The lowest BCUT2D eigenvalue weighted by molar-refractivity contribution is -0.123. The number of nitrogens with one attached hydrogen (secondary N) is 2. The first kappa shape index (κ1) is 12.5. The summed E-state index contributed by atoms with van der Waals surface area (Å²) in [4.78, 5) is 39.9. The van der Waals surface area contributed by atoms with Crippen molar-refractivity contribution < 1.29 is 18.8 Å². The van der Waals surface area contributed by atoms with Gasteiger partial charge in [-0.1, -0.05) is 0 Å². The molecule has 2 N–H and O–H groups in total. The van der Waals surface area contributed by atoms with Crippen molar-refractivity contribution in [3.8, 4) is 0 Å². The average molecular weight is 278 g/mol. The van der Waals surface area contributed by atoms with E-state index in [4.69, 9.17) is 0 Å². The van der Waals surface area contributed by atoms with Crippen LogP contribution in [0.25, 0.3) is 0 Å². The van der Waals surface area contributed by atoms with Crippen molar-refractivity contribution in [1.82, 2.24) is 20.5 Å². The molecule has 1 aromatic heterocycles. The summed E-state index contributed by atoms with van der Waals surface area (Å²) < 4.78 is 13.5. The Balaban J connectivity index is 1.81. The molecule has 0 aromatic carbocycles. The van der Waals surface area contributed by atoms with Crippen LogP contribution in [0, 0.1) is 5.95 Å². The monoisotopic (exact) mass is 278 g/mol. The second kappa shape index (κ2) is 4.26. The van der Waals surface area contributed by atoms with Crippen molar-refractivity contribution in [2.75, 3.05) is 13.1 Å². The van der Waals surface area contributed by atoms with Gasteiger partial charge < -0.3 is 10.2 Å². The number of nitrogens with zero attached hydrogens (tertiary/aromatic N) is 2. The lowest BCUT2D eigenvalue weighted by Gasteiger charge is -2.21. The predicted octanol–water partition coefficient (Wildman–Crippen LogP) is -0.355. The molecule has 1 aromatic rings. The van der Waals surface area contributed by atoms with Crippen molar-refractivity contribution in [2.24, 2.45) is 0 Å². The highest BCUT2D eigenvalue weighted by Gasteiger charge is 2.51. The van der Waals surface area contributed by atoms with Gasteiger partial charge in [-0.05, 0) is 18.6 Å². The van der Waals surface area contributed by atoms with E-state index in [0.29, 0.717) is 6.42 Å². The number of imide groups is 1. The van der Waals surface area contributed by atoms with Crippen LogP contribution in [0.5, 0.6) is 0 Å². The van der Waals surface area contributed by atoms with E-state index in [2.05, 4.69) is 15.6 Å². The fourth-order valence-electron chi connectivity index (χ4n) is 2.51. The van der Waals surface area contributed by atoms with E-state index >= 15 is 0 Å². The van der Waals surface area contributed by atoms with Crippen molar-refractivity contribution >= 4 is 17.8 Å². The van der Waals surface area contributed by atoms with Gasteiger partial charge in [-0.2, -0.15) is 4.39 Å². The second-order valence-corrected chi connectivity index (χ2v) is 4.81. The molecule has 1 atom stereocenters. The smallest absolute Gasteiger partial charge is 0.322 e. The van der Waals surface area contributed by atoms with Crippen molar-refractivity contribution in [3.63, 3.8) is 0 Å². The fraction of sp³-hybridized carbons (Fsp3) is 0.333. The van der Waals surface area contributed by atoms with Crippen LogP contribution in [0.4, 0.5) is 9.18 Å². The van der Waals surface area contributed by atoms with Gasteiger partial charge in [-0.25, -0.2) is 9.78 Å². The van der Waals surface area contributed by atoms with Crippen LogP contribution in [-0.2, 0) is 4.79 Å². The summed E-state index contributed by atoms with van der Waals surface area (Å²) in [7, 11) is 0. The lowest BCUT2D eigenvalue weighted by Crippen LogP contribution is -2.49. The molecule has 2 aliphatic heterocycles. The highest BCUT2D eigenvalue weighted by molar-refractivity contribution is 6.08. The van der Waals surface area contributed by atoms with Gasteiger partial charge in [-0.15, -0.1) is 0 Å². The number of pyridine rings is 1. The Hall–Kier alpha value is -2.51. The summed E-state index contributed by atoms with van der Waals surface area (Å²) in [5.41, 5.74) is -1.24. The standard InChI is InChI=1S/C12H11FN4O3/c13-8-7(2-1-4-14-8)9(18)17-5-3-12(6-17)10(19)15-11(20)16-12/h1-2,4H,3,5-6H2,(H2,15,16,19,20). The summed E-state index contributed by atoms with van der Waals surface area (Å²) in [5.74, 6) is -1.84. The topological polar surface area (TPSA) is 91.4 Å². The molecule has 2 fully saturated rings. The van der Waals surface area contributed by atoms with Crippen LogP contribution in [-0.4, -0.2) is 46.4 Å². The first-order valence-corrected chi connectivity index (χ1v) is 6.05. The van der Waals surface area contributed by atoms with E-state index in [0.717, 1.165) is 0 Å². The molecule has 4 amide bonds. The third-order valence-electron chi connectivity index (χ3n) is 3.56. The van der Waals surface area contributed by atoms with Crippen LogP contribution in [0.1, 0.15) is 16.8 Å². The van der Waals surface area contributed by atoms with E-state index in [1.165, 1.54) is 23.2 Å². The molecule has 20 heavy (non-hydrogen) atoms. The molecular weight excluding hydrogens is 267 g/mol. The molecular formula is C12H11FN4O3. The summed E-state index contributed by atoms with van der Waals surface area (Å²) >= 11 is 0. The number of rotatable bonds is 1. The third kappa shape index (κ3) is 1.80. The molecule has 7 nitrogen and oxygen atoms in total. The Morgan fingerprint density at radius 3 is 2.90 bits per heavy atom. The van der Waals surface area contributed by atoms with Crippen LogP contribution in [0.2, 0.25) is 0 Å². The van der Waals surface area contributed by atoms with Gasteiger partial charge in [0.2, 0.25) is 5.95 Å². The highest BCUT2D eigenvalue weighted by Crippen LogP contribution is 2.26. The number of likely N-dealkylation sites (tertiary alicyclic amines) is 1. The van der Waals surface area contributed by atoms with Crippen molar-refractivity contribution in [2.45, 2.75) is 12.0 Å². The van der Waals surface area contributed by atoms with Crippen LogP contribution in [0.15, 0.2) is 18.3 Å². The molecule has 0 aliphatic carbocycles. The van der Waals surface area contributed by atoms with Crippen LogP contribution in [0.3, 0.4) is 0 Å². The number of carbonyl (C=O) groups excluding carboxylic acids is 3. The molecule has 3 rings (SSSR count). The lowest BCUT2D eigenvalue weighted by atomic mass is 9.99. The van der Waals surface area contributed by atoms with Crippen molar-refractivity contribution in [1.29, 1.82) is 0 Å². The van der Waals surface area contributed by atoms with Gasteiger partial charge in [0.1, 0.15) is 5.54 Å². The van der Waals surface area contributed by atoms with Crippen molar-refractivity contribution in [3.05, 3.63) is 29.8 Å². The fourth-order valence-corrected chi connectivity index (χ4v) is 2.51.